The Kier molecular flexibility index (Phi) is 13.5. The summed E-state index contributed by atoms with van der Waals surface area (Å²) in [4.78, 5) is 20.0. The number of benzene rings is 6. The van der Waals surface area contributed by atoms with Gasteiger partial charge in [-0.3, -0.25) is 4.79 Å². The number of aromatic nitrogens is 2. The van der Waals surface area contributed by atoms with Crippen molar-refractivity contribution in [2.24, 2.45) is 0 Å². The van der Waals surface area contributed by atoms with E-state index in [1.807, 2.05) is 40.3 Å². The SMILES string of the molecule is CN(C)CCCOc1ccc(C(=O)c2ccc(OCCCN(C)C)cc2-c2c(-c3ccc(O)cc3)noc2-c2ccc(O)cc2)c(-c2c(-c3ccc(O)cc3)noc2-c2ccc(O)cc2)c1. The molecular formula is C53H50N4O9. The number of phenolic OH excluding ortho intramolecular Hbond substituents is 4. The van der Waals surface area contributed by atoms with Crippen LogP contribution < -0.4 is 9.47 Å². The number of rotatable bonds is 18. The Balaban J connectivity index is 1.36. The molecular weight excluding hydrogens is 837 g/mol. The molecule has 8 rings (SSSR count). The number of aromatic hydroxyl groups is 4. The van der Waals surface area contributed by atoms with E-state index in [0.717, 1.165) is 25.9 Å². The molecule has 0 radical (unpaired) electrons. The Labute approximate surface area is 382 Å². The Morgan fingerprint density at radius 2 is 0.818 bits per heavy atom. The molecule has 8 aromatic rings. The van der Waals surface area contributed by atoms with E-state index in [1.54, 1.807) is 121 Å². The smallest absolute Gasteiger partial charge is 0.194 e. The largest absolute Gasteiger partial charge is 0.508 e. The van der Waals surface area contributed by atoms with Gasteiger partial charge in [0.1, 0.15) is 45.9 Å². The van der Waals surface area contributed by atoms with E-state index in [-0.39, 0.29) is 39.9 Å². The van der Waals surface area contributed by atoms with Gasteiger partial charge in [-0.05, 0) is 174 Å². The minimum Gasteiger partial charge on any atom is -0.508 e. The third kappa shape index (κ3) is 10.1. The molecule has 0 saturated heterocycles. The van der Waals surface area contributed by atoms with E-state index in [1.165, 1.54) is 0 Å². The fourth-order valence-electron chi connectivity index (χ4n) is 7.65. The average molecular weight is 887 g/mol. The summed E-state index contributed by atoms with van der Waals surface area (Å²) in [6.45, 7) is 2.45. The molecule has 0 bridgehead atoms. The van der Waals surface area contributed by atoms with Crippen LogP contribution in [0.5, 0.6) is 34.5 Å². The first kappa shape index (κ1) is 44.7. The van der Waals surface area contributed by atoms with E-state index in [0.29, 0.717) is 92.1 Å². The Morgan fingerprint density at radius 3 is 1.15 bits per heavy atom. The summed E-state index contributed by atoms with van der Waals surface area (Å²) in [6.07, 6.45) is 1.51. The number of carbonyl (C=O) groups is 1. The lowest BCUT2D eigenvalue weighted by atomic mass is 9.86. The van der Waals surface area contributed by atoms with Crippen molar-refractivity contribution < 1.29 is 43.7 Å². The summed E-state index contributed by atoms with van der Waals surface area (Å²) in [6, 6.07) is 36.7. The molecule has 0 aliphatic heterocycles. The molecule has 0 atom stereocenters. The van der Waals surface area contributed by atoms with Gasteiger partial charge in [-0.2, -0.15) is 0 Å². The van der Waals surface area contributed by atoms with Crippen LogP contribution in [0.15, 0.2) is 143 Å². The topological polar surface area (TPSA) is 175 Å². The van der Waals surface area contributed by atoms with Gasteiger partial charge in [0.05, 0.1) is 24.3 Å². The molecule has 0 unspecified atom stereocenters. The van der Waals surface area contributed by atoms with Crippen molar-refractivity contribution >= 4 is 5.78 Å². The number of ether oxygens (including phenoxy) is 2. The molecule has 0 saturated carbocycles. The van der Waals surface area contributed by atoms with Crippen LogP contribution in [-0.4, -0.2) is 101 Å². The number of ketones is 1. The molecule has 6 aromatic carbocycles. The van der Waals surface area contributed by atoms with E-state index in [4.69, 9.17) is 18.5 Å². The molecule has 13 nitrogen and oxygen atoms in total. The van der Waals surface area contributed by atoms with Crippen LogP contribution in [0.25, 0.3) is 67.4 Å². The second-order valence-corrected chi connectivity index (χ2v) is 16.4. The minimum atomic E-state index is -0.373. The summed E-state index contributed by atoms with van der Waals surface area (Å²) < 4.78 is 25.0. The molecule has 66 heavy (non-hydrogen) atoms. The van der Waals surface area contributed by atoms with Gasteiger partial charge in [-0.15, -0.1) is 0 Å². The zero-order valence-electron chi connectivity index (χ0n) is 37.1. The van der Waals surface area contributed by atoms with Crippen molar-refractivity contribution in [3.05, 3.63) is 145 Å². The van der Waals surface area contributed by atoms with Gasteiger partial charge in [0.25, 0.3) is 0 Å². The zero-order valence-corrected chi connectivity index (χ0v) is 37.1. The lowest BCUT2D eigenvalue weighted by molar-refractivity contribution is 0.104. The molecule has 0 amide bonds. The van der Waals surface area contributed by atoms with Gasteiger partial charge in [0, 0.05) is 57.6 Å². The van der Waals surface area contributed by atoms with E-state index >= 15 is 4.79 Å². The van der Waals surface area contributed by atoms with Crippen molar-refractivity contribution in [3.8, 4) is 102 Å². The van der Waals surface area contributed by atoms with Gasteiger partial charge in [-0.1, -0.05) is 10.3 Å². The number of hydrogen-bond acceptors (Lipinski definition) is 13. The molecule has 336 valence electrons. The summed E-state index contributed by atoms with van der Waals surface area (Å²) in [5, 5.41) is 50.1. The lowest BCUT2D eigenvalue weighted by Crippen LogP contribution is -2.15. The molecule has 2 aromatic heterocycles. The van der Waals surface area contributed by atoms with Crippen LogP contribution >= 0.6 is 0 Å². The highest BCUT2D eigenvalue weighted by molar-refractivity contribution is 6.18. The van der Waals surface area contributed by atoms with Crippen molar-refractivity contribution in [2.75, 3.05) is 54.5 Å². The van der Waals surface area contributed by atoms with Gasteiger partial charge in [0.2, 0.25) is 0 Å². The molecule has 0 aliphatic carbocycles. The number of carbonyl (C=O) groups excluding carboxylic acids is 1. The molecule has 0 aliphatic rings. The van der Waals surface area contributed by atoms with Crippen molar-refractivity contribution in [2.45, 2.75) is 12.8 Å². The van der Waals surface area contributed by atoms with Crippen LogP contribution in [0.3, 0.4) is 0 Å². The third-order valence-electron chi connectivity index (χ3n) is 11.0. The van der Waals surface area contributed by atoms with Crippen molar-refractivity contribution in [3.63, 3.8) is 0 Å². The summed E-state index contributed by atoms with van der Waals surface area (Å²) in [5.74, 6) is 1.58. The van der Waals surface area contributed by atoms with E-state index in [2.05, 4.69) is 20.1 Å². The van der Waals surface area contributed by atoms with Crippen LogP contribution in [-0.2, 0) is 0 Å². The van der Waals surface area contributed by atoms with Gasteiger partial charge < -0.3 is 48.7 Å². The van der Waals surface area contributed by atoms with E-state index in [9.17, 15) is 20.4 Å². The Hall–Kier alpha value is -7.87. The molecule has 4 N–H and O–H groups in total. The van der Waals surface area contributed by atoms with Crippen LogP contribution in [0.2, 0.25) is 0 Å². The van der Waals surface area contributed by atoms with Gasteiger partial charge >= 0.3 is 0 Å². The normalized spacial score (nSPS) is 11.4. The molecule has 0 fully saturated rings. The highest BCUT2D eigenvalue weighted by Crippen LogP contribution is 2.47. The molecule has 2 heterocycles. The average Bonchev–Trinajstić information content (AvgIpc) is 3.96. The number of hydrogen-bond donors (Lipinski definition) is 4. The fourth-order valence-corrected chi connectivity index (χ4v) is 7.65. The highest BCUT2D eigenvalue weighted by Gasteiger charge is 2.30. The van der Waals surface area contributed by atoms with E-state index < -0.39 is 0 Å². The minimum absolute atomic E-state index is 0.0623. The van der Waals surface area contributed by atoms with Crippen molar-refractivity contribution in [1.29, 1.82) is 0 Å². The first-order chi connectivity index (χ1) is 31.9. The van der Waals surface area contributed by atoms with Crippen LogP contribution in [0.1, 0.15) is 28.8 Å². The monoisotopic (exact) mass is 886 g/mol. The Morgan fingerprint density at radius 1 is 0.485 bits per heavy atom. The fraction of sp³-hybridized carbons (Fsp3) is 0.189. The lowest BCUT2D eigenvalue weighted by Gasteiger charge is -2.17. The highest BCUT2D eigenvalue weighted by atomic mass is 16.5. The zero-order chi connectivity index (χ0) is 46.3. The summed E-state index contributed by atoms with van der Waals surface area (Å²) in [7, 11) is 8.00. The van der Waals surface area contributed by atoms with Crippen molar-refractivity contribution in [1.82, 2.24) is 20.1 Å². The second-order valence-electron chi connectivity index (χ2n) is 16.4. The predicted octanol–water partition coefficient (Wildman–Crippen LogP) is 10.4. The first-order valence-corrected chi connectivity index (χ1v) is 21.5. The quantitative estimate of drug-likeness (QED) is 0.0474. The standard InChI is InChI=1S/C53H50N4O9/c1-56(2)27-5-29-63-41-23-25-43(45(31-41)47-49(33-7-15-37(58)16-8-33)54-65-52(47)35-11-19-39(60)20-12-35)51(62)44-26-24-42(64-30-6-28-57(3)4)32-46(44)48-50(34-9-17-38(59)18-10-34)55-66-53(48)36-13-21-40(61)22-14-36/h7-26,31-32,58-61H,5-6,27-30H2,1-4H3. The van der Waals surface area contributed by atoms with Gasteiger partial charge in [-0.25, -0.2) is 0 Å². The first-order valence-electron chi connectivity index (χ1n) is 21.5. The van der Waals surface area contributed by atoms with Crippen LogP contribution in [0.4, 0.5) is 0 Å². The number of phenols is 4. The van der Waals surface area contributed by atoms with Crippen LogP contribution in [0, 0.1) is 0 Å². The second kappa shape index (κ2) is 19.9. The third-order valence-corrected chi connectivity index (χ3v) is 11.0. The van der Waals surface area contributed by atoms with Gasteiger partial charge in [0.15, 0.2) is 17.3 Å². The summed E-state index contributed by atoms with van der Waals surface area (Å²) in [5.41, 5.74) is 5.67. The maximum Gasteiger partial charge on any atom is 0.194 e. The molecule has 13 heteroatoms. The maximum atomic E-state index is 15.8. The predicted molar refractivity (Wildman–Crippen MR) is 253 cm³/mol. The molecule has 0 spiro atoms. The Bertz CT molecular complexity index is 2600. The maximum absolute atomic E-state index is 15.8. The summed E-state index contributed by atoms with van der Waals surface area (Å²) >= 11 is 0. The number of nitrogens with zero attached hydrogens (tertiary/aromatic N) is 4.